The molecule has 2 heterocycles. The molecule has 8 nitrogen and oxygen atoms in total. The molecule has 0 aliphatic rings. The van der Waals surface area contributed by atoms with Gasteiger partial charge in [-0.1, -0.05) is 0 Å². The fourth-order valence-corrected chi connectivity index (χ4v) is 2.19. The highest BCUT2D eigenvalue weighted by Gasteiger charge is 2.34. The van der Waals surface area contributed by atoms with Crippen molar-refractivity contribution in [2.45, 2.75) is 6.18 Å². The Morgan fingerprint density at radius 3 is 2.22 bits per heavy atom. The number of nitrogens with zero attached hydrogens (tertiary/aromatic N) is 5. The summed E-state index contributed by atoms with van der Waals surface area (Å²) < 4.78 is 39.3. The van der Waals surface area contributed by atoms with Crippen molar-refractivity contribution in [3.8, 4) is 11.4 Å². The van der Waals surface area contributed by atoms with Crippen LogP contribution in [0.5, 0.6) is 0 Å². The van der Waals surface area contributed by atoms with Gasteiger partial charge in [0.25, 0.3) is 0 Å². The second-order valence-corrected chi connectivity index (χ2v) is 5.38. The summed E-state index contributed by atoms with van der Waals surface area (Å²) in [7, 11) is 0. The first kappa shape index (κ1) is 18.0. The van der Waals surface area contributed by atoms with Crippen molar-refractivity contribution in [3.05, 3.63) is 48.3 Å². The van der Waals surface area contributed by atoms with Gasteiger partial charge in [0.2, 0.25) is 0 Å². The van der Waals surface area contributed by atoms with E-state index in [9.17, 15) is 13.2 Å². The molecule has 0 spiro atoms. The van der Waals surface area contributed by atoms with Crippen LogP contribution in [-0.2, 0) is 6.18 Å². The van der Waals surface area contributed by atoms with Crippen molar-refractivity contribution in [2.24, 2.45) is 10.2 Å². The highest BCUT2D eigenvalue weighted by atomic mass is 19.4. The molecule has 27 heavy (non-hydrogen) atoms. The number of pyridine rings is 1. The summed E-state index contributed by atoms with van der Waals surface area (Å²) in [5.41, 5.74) is 16.0. The third-order valence-electron chi connectivity index (χ3n) is 3.44. The maximum atomic E-state index is 13.1. The quantitative estimate of drug-likeness (QED) is 0.471. The van der Waals surface area contributed by atoms with Crippen LogP contribution in [0.1, 0.15) is 5.56 Å². The van der Waals surface area contributed by atoms with Gasteiger partial charge in [-0.2, -0.15) is 13.2 Å². The first-order chi connectivity index (χ1) is 12.8. The van der Waals surface area contributed by atoms with E-state index in [0.29, 0.717) is 5.56 Å². The van der Waals surface area contributed by atoms with Gasteiger partial charge in [0.15, 0.2) is 23.1 Å². The molecule has 0 unspecified atom stereocenters. The normalized spacial score (nSPS) is 11.8. The number of azo groups is 1. The fourth-order valence-electron chi connectivity index (χ4n) is 2.19. The molecule has 6 N–H and O–H groups in total. The van der Waals surface area contributed by atoms with Gasteiger partial charge >= 0.3 is 6.18 Å². The van der Waals surface area contributed by atoms with E-state index in [4.69, 9.17) is 17.2 Å². The van der Waals surface area contributed by atoms with Crippen LogP contribution in [0.15, 0.2) is 53.0 Å². The summed E-state index contributed by atoms with van der Waals surface area (Å²) in [6.07, 6.45) is -1.56. The minimum Gasteiger partial charge on any atom is -0.399 e. The van der Waals surface area contributed by atoms with Crippen LogP contribution in [-0.4, -0.2) is 15.0 Å². The molecule has 0 radical (unpaired) electrons. The van der Waals surface area contributed by atoms with Crippen LogP contribution in [0.2, 0.25) is 0 Å². The van der Waals surface area contributed by atoms with Crippen LogP contribution in [0.3, 0.4) is 0 Å². The number of halogens is 3. The van der Waals surface area contributed by atoms with Crippen LogP contribution in [0, 0.1) is 0 Å². The third-order valence-corrected chi connectivity index (χ3v) is 3.44. The second kappa shape index (κ2) is 6.86. The minimum absolute atomic E-state index is 0.0514. The van der Waals surface area contributed by atoms with E-state index < -0.39 is 17.4 Å². The van der Waals surface area contributed by atoms with Crippen LogP contribution < -0.4 is 17.2 Å². The summed E-state index contributed by atoms with van der Waals surface area (Å²) in [4.78, 5) is 12.0. The molecule has 0 saturated carbocycles. The van der Waals surface area contributed by atoms with E-state index in [1.165, 1.54) is 12.3 Å². The Morgan fingerprint density at radius 2 is 1.63 bits per heavy atom. The number of hydrogen-bond donors (Lipinski definition) is 3. The number of rotatable bonds is 3. The zero-order chi connectivity index (χ0) is 19.6. The lowest BCUT2D eigenvalue weighted by Gasteiger charge is -2.10. The third kappa shape index (κ3) is 3.92. The molecule has 1 aromatic carbocycles. The monoisotopic (exact) mass is 374 g/mol. The lowest BCUT2D eigenvalue weighted by atomic mass is 10.1. The Hall–Kier alpha value is -3.76. The Balaban J connectivity index is 2.00. The van der Waals surface area contributed by atoms with Gasteiger partial charge in [0, 0.05) is 23.6 Å². The van der Waals surface area contributed by atoms with E-state index in [2.05, 4.69) is 25.2 Å². The predicted molar refractivity (Wildman–Crippen MR) is 94.1 cm³/mol. The topological polar surface area (TPSA) is 141 Å². The van der Waals surface area contributed by atoms with Gasteiger partial charge in [0.05, 0.1) is 11.3 Å². The number of nitrogen functional groups attached to an aromatic ring is 3. The zero-order valence-electron chi connectivity index (χ0n) is 13.6. The first-order valence-electron chi connectivity index (χ1n) is 7.47. The second-order valence-electron chi connectivity index (χ2n) is 5.38. The number of anilines is 3. The van der Waals surface area contributed by atoms with Gasteiger partial charge in [-0.15, -0.1) is 10.2 Å². The molecule has 0 amide bonds. The minimum atomic E-state index is -4.65. The zero-order valence-corrected chi connectivity index (χ0v) is 13.6. The summed E-state index contributed by atoms with van der Waals surface area (Å²) >= 11 is 0. The summed E-state index contributed by atoms with van der Waals surface area (Å²) in [6.45, 7) is 0. The molecular formula is C16H13F3N8. The molecule has 0 saturated heterocycles. The van der Waals surface area contributed by atoms with Crippen molar-refractivity contribution in [1.29, 1.82) is 0 Å². The molecule has 11 heteroatoms. The fraction of sp³-hybridized carbons (Fsp3) is 0.0625. The van der Waals surface area contributed by atoms with Gasteiger partial charge in [-0.05, 0) is 30.3 Å². The van der Waals surface area contributed by atoms with Crippen molar-refractivity contribution in [1.82, 2.24) is 15.0 Å². The predicted octanol–water partition coefficient (Wildman–Crippen LogP) is 3.72. The Morgan fingerprint density at radius 1 is 0.926 bits per heavy atom. The molecule has 0 aliphatic heterocycles. The van der Waals surface area contributed by atoms with Crippen molar-refractivity contribution in [2.75, 3.05) is 17.2 Å². The maximum absolute atomic E-state index is 13.1. The van der Waals surface area contributed by atoms with Gasteiger partial charge in [-0.3, -0.25) is 4.98 Å². The molecule has 3 aromatic rings. The van der Waals surface area contributed by atoms with Crippen molar-refractivity contribution in [3.63, 3.8) is 0 Å². The lowest BCUT2D eigenvalue weighted by molar-refractivity contribution is -0.137. The number of alkyl halides is 3. The largest absolute Gasteiger partial charge is 0.418 e. The maximum Gasteiger partial charge on any atom is 0.418 e. The van der Waals surface area contributed by atoms with Gasteiger partial charge in [-0.25, -0.2) is 9.97 Å². The molecule has 2 aromatic heterocycles. The lowest BCUT2D eigenvalue weighted by Crippen LogP contribution is -2.06. The summed E-state index contributed by atoms with van der Waals surface area (Å²) in [6, 6.07) is 6.52. The van der Waals surface area contributed by atoms with Gasteiger partial charge in [0.1, 0.15) is 0 Å². The average molecular weight is 374 g/mol. The SMILES string of the molecule is Nc1ccc(N=Nc2c(N)nc(-c3cccnc3)nc2N)c(C(F)(F)F)c1. The van der Waals surface area contributed by atoms with E-state index in [0.717, 1.165) is 12.1 Å². The number of nitrogens with two attached hydrogens (primary N) is 3. The highest BCUT2D eigenvalue weighted by Crippen LogP contribution is 2.39. The Bertz CT molecular complexity index is 979. The smallest absolute Gasteiger partial charge is 0.399 e. The van der Waals surface area contributed by atoms with Crippen molar-refractivity contribution < 1.29 is 13.2 Å². The summed E-state index contributed by atoms with van der Waals surface area (Å²) in [5, 5.41) is 7.31. The number of aromatic nitrogens is 3. The van der Waals surface area contributed by atoms with E-state index in [-0.39, 0.29) is 28.8 Å². The van der Waals surface area contributed by atoms with E-state index >= 15 is 0 Å². The first-order valence-corrected chi connectivity index (χ1v) is 7.47. The Labute approximate surface area is 151 Å². The average Bonchev–Trinajstić information content (AvgIpc) is 2.62. The van der Waals surface area contributed by atoms with Crippen molar-refractivity contribution >= 4 is 28.7 Å². The molecule has 0 atom stereocenters. The summed E-state index contributed by atoms with van der Waals surface area (Å²) in [5.74, 6) is -0.0521. The molecule has 3 rings (SSSR count). The standard InChI is InChI=1S/C16H13F3N8/c17-16(18,19)10-6-9(20)3-4-11(10)26-27-12-13(21)24-15(25-14(12)22)8-2-1-5-23-7-8/h1-7H,20H2,(H4,21,22,24,25). The molecule has 0 bridgehead atoms. The van der Waals surface area contributed by atoms with Crippen LogP contribution in [0.4, 0.5) is 41.9 Å². The molecular weight excluding hydrogens is 361 g/mol. The van der Waals surface area contributed by atoms with Gasteiger partial charge < -0.3 is 17.2 Å². The van der Waals surface area contributed by atoms with E-state index in [1.807, 2.05) is 0 Å². The molecule has 138 valence electrons. The number of benzene rings is 1. The van der Waals surface area contributed by atoms with Crippen LogP contribution in [0.25, 0.3) is 11.4 Å². The number of hydrogen-bond acceptors (Lipinski definition) is 8. The molecule has 0 fully saturated rings. The highest BCUT2D eigenvalue weighted by molar-refractivity contribution is 5.73. The molecule has 0 aliphatic carbocycles. The van der Waals surface area contributed by atoms with Crippen LogP contribution >= 0.6 is 0 Å². The van der Waals surface area contributed by atoms with E-state index in [1.54, 1.807) is 18.3 Å². The Kier molecular flexibility index (Phi) is 4.59.